The van der Waals surface area contributed by atoms with E-state index in [9.17, 15) is 4.79 Å². The van der Waals surface area contributed by atoms with Crippen LogP contribution in [0, 0.1) is 0 Å². The summed E-state index contributed by atoms with van der Waals surface area (Å²) >= 11 is 0. The van der Waals surface area contributed by atoms with E-state index in [1.807, 2.05) is 0 Å². The molecule has 15 heavy (non-hydrogen) atoms. The number of hydrogen-bond acceptors (Lipinski definition) is 4. The van der Waals surface area contributed by atoms with E-state index in [1.165, 1.54) is 0 Å². The molecule has 0 aliphatic heterocycles. The van der Waals surface area contributed by atoms with Crippen LogP contribution >= 0.6 is 0 Å². The highest BCUT2D eigenvalue weighted by Crippen LogP contribution is 2.11. The predicted molar refractivity (Wildman–Crippen MR) is 54.0 cm³/mol. The number of aliphatic hydroxyl groups excluding tert-OH is 1. The second-order valence-electron chi connectivity index (χ2n) is 3.10. The highest BCUT2D eigenvalue weighted by molar-refractivity contribution is 5.72. The summed E-state index contributed by atoms with van der Waals surface area (Å²) in [6.07, 6.45) is -1.27. The monoisotopic (exact) mass is 210 g/mol. The fourth-order valence-corrected chi connectivity index (χ4v) is 1.19. The van der Waals surface area contributed by atoms with Crippen LogP contribution in [-0.2, 0) is 16.0 Å². The number of carbonyl (C=O) groups is 1. The zero-order valence-electron chi connectivity index (χ0n) is 8.51. The molecular formula is C11H14O4. The fourth-order valence-electron chi connectivity index (χ4n) is 1.19. The lowest BCUT2D eigenvalue weighted by atomic mass is 10.1. The molecule has 0 radical (unpaired) electrons. The van der Waals surface area contributed by atoms with Gasteiger partial charge >= 0.3 is 5.97 Å². The summed E-state index contributed by atoms with van der Waals surface area (Å²) < 4.78 is 4.79. The van der Waals surface area contributed by atoms with Gasteiger partial charge in [0.25, 0.3) is 0 Å². The number of esters is 1. The number of hydrogen-bond donors (Lipinski definition) is 2. The standard InChI is InChI=1S/C11H14O4/c1-2-15-10(12)7-8-3-5-9(6-4-8)11(13)14/h3-6,11,13-14H,2,7H2,1H3. The van der Waals surface area contributed by atoms with E-state index in [0.717, 1.165) is 5.56 Å². The summed E-state index contributed by atoms with van der Waals surface area (Å²) in [4.78, 5) is 11.1. The van der Waals surface area contributed by atoms with Gasteiger partial charge in [0.15, 0.2) is 6.29 Å². The van der Waals surface area contributed by atoms with Crippen molar-refractivity contribution in [3.05, 3.63) is 35.4 Å². The molecule has 0 bridgehead atoms. The van der Waals surface area contributed by atoms with Gasteiger partial charge in [-0.1, -0.05) is 24.3 Å². The van der Waals surface area contributed by atoms with Crippen LogP contribution in [0.2, 0.25) is 0 Å². The van der Waals surface area contributed by atoms with Crippen LogP contribution in [0.4, 0.5) is 0 Å². The van der Waals surface area contributed by atoms with E-state index in [1.54, 1.807) is 31.2 Å². The van der Waals surface area contributed by atoms with Gasteiger partial charge in [-0.15, -0.1) is 0 Å². The number of aliphatic hydroxyl groups is 2. The smallest absolute Gasteiger partial charge is 0.310 e. The van der Waals surface area contributed by atoms with Crippen molar-refractivity contribution in [2.45, 2.75) is 19.6 Å². The number of benzene rings is 1. The molecule has 0 heterocycles. The predicted octanol–water partition coefficient (Wildman–Crippen LogP) is 0.775. The summed E-state index contributed by atoms with van der Waals surface area (Å²) in [7, 11) is 0. The molecule has 0 saturated heterocycles. The van der Waals surface area contributed by atoms with Crippen LogP contribution in [0.15, 0.2) is 24.3 Å². The Hall–Kier alpha value is -1.39. The molecule has 0 amide bonds. The Bertz CT molecular complexity index is 316. The Morgan fingerprint density at radius 3 is 2.40 bits per heavy atom. The first-order valence-electron chi connectivity index (χ1n) is 4.74. The minimum absolute atomic E-state index is 0.204. The zero-order chi connectivity index (χ0) is 11.3. The molecule has 0 aliphatic carbocycles. The average Bonchev–Trinajstić information content (AvgIpc) is 2.18. The molecule has 0 aliphatic rings. The van der Waals surface area contributed by atoms with Crippen LogP contribution in [-0.4, -0.2) is 22.8 Å². The van der Waals surface area contributed by atoms with Crippen molar-refractivity contribution in [1.82, 2.24) is 0 Å². The summed E-state index contributed by atoms with van der Waals surface area (Å²) in [5.74, 6) is -0.283. The van der Waals surface area contributed by atoms with Crippen molar-refractivity contribution in [1.29, 1.82) is 0 Å². The molecule has 4 nitrogen and oxygen atoms in total. The van der Waals surface area contributed by atoms with Crippen LogP contribution in [0.25, 0.3) is 0 Å². The molecule has 0 saturated carbocycles. The first kappa shape index (κ1) is 11.7. The molecular weight excluding hydrogens is 196 g/mol. The largest absolute Gasteiger partial charge is 0.466 e. The Morgan fingerprint density at radius 1 is 1.33 bits per heavy atom. The topological polar surface area (TPSA) is 66.8 Å². The van der Waals surface area contributed by atoms with E-state index in [4.69, 9.17) is 14.9 Å². The minimum Gasteiger partial charge on any atom is -0.466 e. The SMILES string of the molecule is CCOC(=O)Cc1ccc(C(O)O)cc1. The minimum atomic E-state index is -1.47. The lowest BCUT2D eigenvalue weighted by molar-refractivity contribution is -0.142. The molecule has 82 valence electrons. The Morgan fingerprint density at radius 2 is 1.93 bits per heavy atom. The third kappa shape index (κ3) is 3.69. The summed E-state index contributed by atoms with van der Waals surface area (Å²) in [6, 6.07) is 6.48. The van der Waals surface area contributed by atoms with Crippen LogP contribution in [0.5, 0.6) is 0 Å². The van der Waals surface area contributed by atoms with E-state index < -0.39 is 6.29 Å². The maximum absolute atomic E-state index is 11.1. The highest BCUT2D eigenvalue weighted by atomic mass is 16.5. The summed E-state index contributed by atoms with van der Waals surface area (Å²) in [5, 5.41) is 17.7. The summed E-state index contributed by atoms with van der Waals surface area (Å²) in [6.45, 7) is 2.12. The molecule has 1 aromatic rings. The molecule has 1 aromatic carbocycles. The van der Waals surface area contributed by atoms with E-state index in [2.05, 4.69) is 0 Å². The fraction of sp³-hybridized carbons (Fsp3) is 0.364. The molecule has 0 unspecified atom stereocenters. The lowest BCUT2D eigenvalue weighted by Gasteiger charge is -2.05. The molecule has 0 atom stereocenters. The van der Waals surface area contributed by atoms with Gasteiger partial charge in [0.2, 0.25) is 0 Å². The van der Waals surface area contributed by atoms with Gasteiger partial charge in [-0.3, -0.25) is 4.79 Å². The van der Waals surface area contributed by atoms with Gasteiger partial charge in [-0.25, -0.2) is 0 Å². The van der Waals surface area contributed by atoms with Crippen molar-refractivity contribution < 1.29 is 19.7 Å². The first-order chi connectivity index (χ1) is 7.13. The van der Waals surface area contributed by atoms with Gasteiger partial charge in [0.05, 0.1) is 13.0 Å². The van der Waals surface area contributed by atoms with Crippen molar-refractivity contribution in [3.8, 4) is 0 Å². The van der Waals surface area contributed by atoms with Gasteiger partial charge < -0.3 is 14.9 Å². The van der Waals surface area contributed by atoms with Gasteiger partial charge in [0.1, 0.15) is 0 Å². The van der Waals surface area contributed by atoms with E-state index >= 15 is 0 Å². The Labute approximate surface area is 88.1 Å². The van der Waals surface area contributed by atoms with Gasteiger partial charge in [0, 0.05) is 5.56 Å². The van der Waals surface area contributed by atoms with Crippen LogP contribution in [0.1, 0.15) is 24.3 Å². The maximum Gasteiger partial charge on any atom is 0.310 e. The molecule has 2 N–H and O–H groups in total. The maximum atomic E-state index is 11.1. The number of rotatable bonds is 4. The molecule has 4 heteroatoms. The van der Waals surface area contributed by atoms with Crippen molar-refractivity contribution in [2.24, 2.45) is 0 Å². The Kier molecular flexibility index (Phi) is 4.27. The highest BCUT2D eigenvalue weighted by Gasteiger charge is 2.05. The van der Waals surface area contributed by atoms with E-state index in [-0.39, 0.29) is 12.4 Å². The van der Waals surface area contributed by atoms with Crippen LogP contribution < -0.4 is 0 Å². The molecule has 1 rings (SSSR count). The van der Waals surface area contributed by atoms with Crippen molar-refractivity contribution >= 4 is 5.97 Å². The van der Waals surface area contributed by atoms with Gasteiger partial charge in [-0.05, 0) is 12.5 Å². The lowest BCUT2D eigenvalue weighted by Crippen LogP contribution is -2.07. The number of ether oxygens (including phenoxy) is 1. The Balaban J connectivity index is 2.60. The third-order valence-electron chi connectivity index (χ3n) is 1.93. The van der Waals surface area contributed by atoms with Crippen molar-refractivity contribution in [2.75, 3.05) is 6.61 Å². The normalized spacial score (nSPS) is 10.4. The molecule has 0 fully saturated rings. The quantitative estimate of drug-likeness (QED) is 0.569. The van der Waals surface area contributed by atoms with Crippen molar-refractivity contribution in [3.63, 3.8) is 0 Å². The average molecular weight is 210 g/mol. The second-order valence-corrected chi connectivity index (χ2v) is 3.10. The van der Waals surface area contributed by atoms with E-state index in [0.29, 0.717) is 12.2 Å². The third-order valence-corrected chi connectivity index (χ3v) is 1.93. The zero-order valence-corrected chi connectivity index (χ0v) is 8.51. The van der Waals surface area contributed by atoms with Crippen LogP contribution in [0.3, 0.4) is 0 Å². The van der Waals surface area contributed by atoms with Gasteiger partial charge in [-0.2, -0.15) is 0 Å². The molecule has 0 spiro atoms. The number of carbonyl (C=O) groups excluding carboxylic acids is 1. The second kappa shape index (κ2) is 5.48. The summed E-state index contributed by atoms with van der Waals surface area (Å²) in [5.41, 5.74) is 1.19. The first-order valence-corrected chi connectivity index (χ1v) is 4.74. The molecule has 0 aromatic heterocycles.